The highest BCUT2D eigenvalue weighted by molar-refractivity contribution is 4.91. The van der Waals surface area contributed by atoms with E-state index in [1.54, 1.807) is 0 Å². The van der Waals surface area contributed by atoms with Crippen molar-refractivity contribution >= 4 is 0 Å². The van der Waals surface area contributed by atoms with E-state index in [2.05, 4.69) is 17.1 Å². The lowest BCUT2D eigenvalue weighted by Gasteiger charge is -2.35. The fraction of sp³-hybridized carbons (Fsp3) is 0.833. The molecular weight excluding hydrogens is 188 g/mol. The molecule has 0 aromatic heterocycles. The summed E-state index contributed by atoms with van der Waals surface area (Å²) in [5.74, 6) is 0.853. The van der Waals surface area contributed by atoms with Crippen LogP contribution in [0.5, 0.6) is 0 Å². The van der Waals surface area contributed by atoms with Crippen LogP contribution in [0.15, 0.2) is 12.2 Å². The molecule has 0 spiro atoms. The second kappa shape index (κ2) is 5.64. The summed E-state index contributed by atoms with van der Waals surface area (Å²) in [4.78, 5) is 2.52. The van der Waals surface area contributed by atoms with Gasteiger partial charge in [0.2, 0.25) is 0 Å². The predicted molar refractivity (Wildman–Crippen MR) is 61.7 cm³/mol. The lowest BCUT2D eigenvalue weighted by Crippen LogP contribution is -2.47. The summed E-state index contributed by atoms with van der Waals surface area (Å²) in [6.07, 6.45) is 8.76. The molecule has 3 heteroatoms. The van der Waals surface area contributed by atoms with Crippen LogP contribution in [0.1, 0.15) is 19.3 Å². The minimum absolute atomic E-state index is 0.262. The molecule has 1 saturated heterocycles. The first-order valence-corrected chi connectivity index (χ1v) is 6.07. The monoisotopic (exact) mass is 210 g/mol. The SMILES string of the molecule is NCC1CN(CC2CC=CCC2)CCO1. The number of ether oxygens (including phenoxy) is 1. The highest BCUT2D eigenvalue weighted by atomic mass is 16.5. The smallest absolute Gasteiger partial charge is 0.0824 e. The molecule has 3 nitrogen and oxygen atoms in total. The van der Waals surface area contributed by atoms with Crippen LogP contribution >= 0.6 is 0 Å². The van der Waals surface area contributed by atoms with E-state index < -0.39 is 0 Å². The van der Waals surface area contributed by atoms with Gasteiger partial charge in [-0.1, -0.05) is 12.2 Å². The number of rotatable bonds is 3. The maximum Gasteiger partial charge on any atom is 0.0824 e. The van der Waals surface area contributed by atoms with Crippen molar-refractivity contribution in [3.8, 4) is 0 Å². The molecule has 86 valence electrons. The largest absolute Gasteiger partial charge is 0.374 e. The molecule has 1 aliphatic carbocycles. The molecule has 0 aromatic carbocycles. The Morgan fingerprint density at radius 1 is 1.40 bits per heavy atom. The summed E-state index contributed by atoms with van der Waals surface area (Å²) in [7, 11) is 0. The predicted octanol–water partition coefficient (Wildman–Crippen LogP) is 1.00. The molecule has 15 heavy (non-hydrogen) atoms. The van der Waals surface area contributed by atoms with Gasteiger partial charge in [-0.2, -0.15) is 0 Å². The highest BCUT2D eigenvalue weighted by Crippen LogP contribution is 2.20. The Morgan fingerprint density at radius 3 is 3.07 bits per heavy atom. The fourth-order valence-corrected chi connectivity index (χ4v) is 2.48. The molecule has 2 rings (SSSR count). The summed E-state index contributed by atoms with van der Waals surface area (Å²) >= 11 is 0. The van der Waals surface area contributed by atoms with Crippen molar-refractivity contribution in [3.05, 3.63) is 12.2 Å². The van der Waals surface area contributed by atoms with Gasteiger partial charge in [0.25, 0.3) is 0 Å². The normalized spacial score (nSPS) is 33.1. The number of nitrogens with zero attached hydrogens (tertiary/aromatic N) is 1. The molecule has 2 aliphatic rings. The van der Waals surface area contributed by atoms with Gasteiger partial charge in [0.1, 0.15) is 0 Å². The summed E-state index contributed by atoms with van der Waals surface area (Å²) in [6, 6.07) is 0. The fourth-order valence-electron chi connectivity index (χ4n) is 2.48. The Kier molecular flexibility index (Phi) is 4.18. The Hall–Kier alpha value is -0.380. The first-order valence-electron chi connectivity index (χ1n) is 6.07. The van der Waals surface area contributed by atoms with Gasteiger partial charge < -0.3 is 10.5 Å². The number of hydrogen-bond acceptors (Lipinski definition) is 3. The minimum Gasteiger partial charge on any atom is -0.374 e. The van der Waals surface area contributed by atoms with Crippen molar-refractivity contribution in [2.75, 3.05) is 32.8 Å². The number of allylic oxidation sites excluding steroid dienone is 2. The molecule has 1 heterocycles. The summed E-state index contributed by atoms with van der Waals surface area (Å²) in [5.41, 5.74) is 5.64. The van der Waals surface area contributed by atoms with E-state index in [4.69, 9.17) is 10.5 Å². The lowest BCUT2D eigenvalue weighted by atomic mass is 9.94. The number of hydrogen-bond donors (Lipinski definition) is 1. The van der Waals surface area contributed by atoms with Gasteiger partial charge in [0, 0.05) is 26.2 Å². The summed E-state index contributed by atoms with van der Waals surface area (Å²) < 4.78 is 5.57. The Labute approximate surface area is 92.3 Å². The van der Waals surface area contributed by atoms with Crippen LogP contribution in [0.3, 0.4) is 0 Å². The Morgan fingerprint density at radius 2 is 2.33 bits per heavy atom. The average Bonchev–Trinajstić information content (AvgIpc) is 2.31. The molecule has 2 atom stereocenters. The van der Waals surface area contributed by atoms with E-state index >= 15 is 0 Å². The van der Waals surface area contributed by atoms with Gasteiger partial charge in [-0.3, -0.25) is 4.90 Å². The highest BCUT2D eigenvalue weighted by Gasteiger charge is 2.21. The van der Waals surface area contributed by atoms with E-state index in [1.165, 1.54) is 25.8 Å². The topological polar surface area (TPSA) is 38.5 Å². The van der Waals surface area contributed by atoms with E-state index in [-0.39, 0.29) is 6.10 Å². The first kappa shape index (κ1) is 11.1. The molecule has 2 unspecified atom stereocenters. The van der Waals surface area contributed by atoms with E-state index in [9.17, 15) is 0 Å². The average molecular weight is 210 g/mol. The van der Waals surface area contributed by atoms with Gasteiger partial charge in [-0.15, -0.1) is 0 Å². The summed E-state index contributed by atoms with van der Waals surface area (Å²) in [5, 5.41) is 0. The van der Waals surface area contributed by atoms with E-state index in [0.717, 1.165) is 25.6 Å². The van der Waals surface area contributed by atoms with Crippen LogP contribution < -0.4 is 5.73 Å². The Bertz CT molecular complexity index is 218. The van der Waals surface area contributed by atoms with Crippen LogP contribution in [0.25, 0.3) is 0 Å². The van der Waals surface area contributed by atoms with Crippen LogP contribution in [0, 0.1) is 5.92 Å². The van der Waals surface area contributed by atoms with Gasteiger partial charge in [-0.05, 0) is 25.2 Å². The maximum atomic E-state index is 5.64. The number of morpholine rings is 1. The van der Waals surface area contributed by atoms with Crippen LogP contribution in [-0.4, -0.2) is 43.8 Å². The second-order valence-electron chi connectivity index (χ2n) is 4.64. The molecule has 0 radical (unpaired) electrons. The van der Waals surface area contributed by atoms with E-state index in [1.807, 2.05) is 0 Å². The van der Waals surface area contributed by atoms with Crippen molar-refractivity contribution in [3.63, 3.8) is 0 Å². The molecule has 0 amide bonds. The third kappa shape index (κ3) is 3.30. The summed E-state index contributed by atoms with van der Waals surface area (Å²) in [6.45, 7) is 4.84. The van der Waals surface area contributed by atoms with Gasteiger partial charge in [0.15, 0.2) is 0 Å². The molecule has 2 N–H and O–H groups in total. The molecule has 1 aliphatic heterocycles. The van der Waals surface area contributed by atoms with Crippen molar-refractivity contribution in [2.24, 2.45) is 11.7 Å². The zero-order chi connectivity index (χ0) is 10.5. The second-order valence-corrected chi connectivity index (χ2v) is 4.64. The van der Waals surface area contributed by atoms with E-state index in [0.29, 0.717) is 6.54 Å². The van der Waals surface area contributed by atoms with Crippen molar-refractivity contribution in [2.45, 2.75) is 25.4 Å². The standard InChI is InChI=1S/C12H22N2O/c13-8-12-10-14(6-7-15-12)9-11-4-2-1-3-5-11/h1-2,11-12H,3-10,13H2. The van der Waals surface area contributed by atoms with Crippen LogP contribution in [0.4, 0.5) is 0 Å². The van der Waals surface area contributed by atoms with Crippen molar-refractivity contribution < 1.29 is 4.74 Å². The van der Waals surface area contributed by atoms with Crippen LogP contribution in [-0.2, 0) is 4.74 Å². The minimum atomic E-state index is 0.262. The third-order valence-electron chi connectivity index (χ3n) is 3.38. The lowest BCUT2D eigenvalue weighted by molar-refractivity contribution is -0.0281. The Balaban J connectivity index is 1.75. The van der Waals surface area contributed by atoms with Gasteiger partial charge in [0.05, 0.1) is 12.7 Å². The quantitative estimate of drug-likeness (QED) is 0.706. The van der Waals surface area contributed by atoms with Crippen LogP contribution in [0.2, 0.25) is 0 Å². The maximum absolute atomic E-state index is 5.64. The third-order valence-corrected chi connectivity index (χ3v) is 3.38. The zero-order valence-corrected chi connectivity index (χ0v) is 9.40. The number of nitrogens with two attached hydrogens (primary N) is 1. The molecular formula is C12H22N2O. The zero-order valence-electron chi connectivity index (χ0n) is 9.40. The van der Waals surface area contributed by atoms with Gasteiger partial charge >= 0.3 is 0 Å². The van der Waals surface area contributed by atoms with Gasteiger partial charge in [-0.25, -0.2) is 0 Å². The van der Waals surface area contributed by atoms with Crippen molar-refractivity contribution in [1.29, 1.82) is 0 Å². The molecule has 0 bridgehead atoms. The first-order chi connectivity index (χ1) is 7.38. The molecule has 1 fully saturated rings. The van der Waals surface area contributed by atoms with Crippen molar-refractivity contribution in [1.82, 2.24) is 4.90 Å². The molecule has 0 saturated carbocycles. The molecule has 0 aromatic rings.